The van der Waals surface area contributed by atoms with E-state index in [1.165, 1.54) is 24.9 Å². The predicted octanol–water partition coefficient (Wildman–Crippen LogP) is 4.60. The zero-order valence-corrected chi connectivity index (χ0v) is 17.0. The number of hydrogen-bond donors (Lipinski definition) is 2. The molecule has 4 rings (SSSR count). The minimum absolute atomic E-state index is 0.0463. The van der Waals surface area contributed by atoms with Gasteiger partial charge in [0.15, 0.2) is 16.7 Å². The molecule has 6 nitrogen and oxygen atoms in total. The lowest BCUT2D eigenvalue weighted by atomic mass is 10.2. The zero-order chi connectivity index (χ0) is 19.7. The van der Waals surface area contributed by atoms with Crippen molar-refractivity contribution in [3.63, 3.8) is 0 Å². The summed E-state index contributed by atoms with van der Waals surface area (Å²) in [7, 11) is 1.48. The first-order valence-corrected chi connectivity index (χ1v) is 9.86. The van der Waals surface area contributed by atoms with Crippen molar-refractivity contribution in [3.05, 3.63) is 63.6 Å². The van der Waals surface area contributed by atoms with E-state index in [1.807, 2.05) is 24.3 Å². The molecule has 0 unspecified atom stereocenters. The van der Waals surface area contributed by atoms with Crippen LogP contribution in [0, 0.1) is 0 Å². The Kier molecular flexibility index (Phi) is 5.06. The third kappa shape index (κ3) is 3.61. The Bertz CT molecular complexity index is 1160. The molecule has 1 amide bonds. The number of phenols is 1. The van der Waals surface area contributed by atoms with E-state index in [-0.39, 0.29) is 11.7 Å². The number of benzene rings is 2. The minimum Gasteiger partial charge on any atom is -0.504 e. The van der Waals surface area contributed by atoms with Crippen molar-refractivity contribution >= 4 is 61.4 Å². The quantitative estimate of drug-likeness (QED) is 0.563. The first-order valence-electron chi connectivity index (χ1n) is 8.25. The van der Waals surface area contributed by atoms with Gasteiger partial charge in [0.2, 0.25) is 0 Å². The van der Waals surface area contributed by atoms with Crippen LogP contribution in [-0.2, 0) is 4.79 Å². The van der Waals surface area contributed by atoms with Crippen LogP contribution in [0.1, 0.15) is 5.56 Å². The highest BCUT2D eigenvalue weighted by Gasteiger charge is 2.24. The number of aliphatic imine (C=N–C) groups is 1. The summed E-state index contributed by atoms with van der Waals surface area (Å²) in [5, 5.41) is 13.9. The molecule has 1 aliphatic rings. The van der Waals surface area contributed by atoms with Crippen molar-refractivity contribution in [2.24, 2.45) is 4.99 Å². The number of phenolic OH excluding ortho intramolecular Hbond substituents is 1. The highest BCUT2D eigenvalue weighted by molar-refractivity contribution is 9.10. The lowest BCUT2D eigenvalue weighted by Gasteiger charge is -2.04. The highest BCUT2D eigenvalue weighted by atomic mass is 79.9. The Morgan fingerprint density at radius 2 is 2.14 bits per heavy atom. The number of nitrogens with zero attached hydrogens (tertiary/aromatic N) is 2. The van der Waals surface area contributed by atoms with Gasteiger partial charge in [-0.25, -0.2) is 4.99 Å². The summed E-state index contributed by atoms with van der Waals surface area (Å²) in [5.41, 5.74) is 2.17. The van der Waals surface area contributed by atoms with Crippen LogP contribution in [0.2, 0.25) is 0 Å². The van der Waals surface area contributed by atoms with Crippen LogP contribution in [0.4, 0.5) is 5.69 Å². The summed E-state index contributed by atoms with van der Waals surface area (Å²) in [4.78, 5) is 21.8. The molecule has 8 heteroatoms. The van der Waals surface area contributed by atoms with Gasteiger partial charge in [-0.15, -0.1) is 0 Å². The smallest absolute Gasteiger partial charge is 0.264 e. The number of amides is 1. The number of carbonyl (C=O) groups is 1. The van der Waals surface area contributed by atoms with Gasteiger partial charge in [-0.2, -0.15) is 0 Å². The average Bonchev–Trinajstić information content (AvgIpc) is 3.04. The fourth-order valence-electron chi connectivity index (χ4n) is 2.74. The summed E-state index contributed by atoms with van der Waals surface area (Å²) < 4.78 is 6.04. The summed E-state index contributed by atoms with van der Waals surface area (Å²) in [6, 6.07) is 12.5. The molecule has 0 radical (unpaired) electrons. The van der Waals surface area contributed by atoms with Gasteiger partial charge in [0, 0.05) is 16.1 Å². The van der Waals surface area contributed by atoms with Crippen molar-refractivity contribution in [3.8, 4) is 11.5 Å². The molecule has 1 saturated heterocycles. The fourth-order valence-corrected chi connectivity index (χ4v) is 4.03. The zero-order valence-electron chi connectivity index (χ0n) is 14.6. The molecule has 0 bridgehead atoms. The van der Waals surface area contributed by atoms with Crippen LogP contribution in [0.5, 0.6) is 11.5 Å². The average molecular weight is 456 g/mol. The molecule has 28 heavy (non-hydrogen) atoms. The number of amidine groups is 1. The molecular formula is C20H14BrN3O3S. The summed E-state index contributed by atoms with van der Waals surface area (Å²) in [6.45, 7) is 0. The normalized spacial score (nSPS) is 16.7. The van der Waals surface area contributed by atoms with Crippen molar-refractivity contribution in [2.75, 3.05) is 7.11 Å². The predicted molar refractivity (Wildman–Crippen MR) is 115 cm³/mol. The van der Waals surface area contributed by atoms with Gasteiger partial charge in [0.25, 0.3) is 5.91 Å². The first kappa shape index (κ1) is 18.5. The van der Waals surface area contributed by atoms with E-state index in [9.17, 15) is 9.90 Å². The summed E-state index contributed by atoms with van der Waals surface area (Å²) >= 11 is 4.76. The van der Waals surface area contributed by atoms with Crippen LogP contribution in [-0.4, -0.2) is 28.3 Å². The molecule has 1 aliphatic heterocycles. The molecular weight excluding hydrogens is 442 g/mol. The van der Waals surface area contributed by atoms with Gasteiger partial charge in [-0.1, -0.05) is 28.1 Å². The third-order valence-electron chi connectivity index (χ3n) is 4.07. The molecule has 3 aromatic rings. The molecule has 0 atom stereocenters. The minimum atomic E-state index is -0.231. The van der Waals surface area contributed by atoms with Crippen molar-refractivity contribution in [2.45, 2.75) is 0 Å². The van der Waals surface area contributed by atoms with E-state index < -0.39 is 0 Å². The summed E-state index contributed by atoms with van der Waals surface area (Å²) in [5.74, 6) is 0.161. The Balaban J connectivity index is 1.66. The standard InChI is InChI=1S/C20H14BrN3O3S/c1-27-16-9-11(4-7-15(16)25)10-17-19(26)24-20(28-17)23-14-6-5-13(21)12-3-2-8-22-18(12)14/h2-10,25H,1H3,(H,23,24,26)/b17-10-. The van der Waals surface area contributed by atoms with Gasteiger partial charge in [0.05, 0.1) is 23.2 Å². The maximum absolute atomic E-state index is 12.3. The van der Waals surface area contributed by atoms with E-state index in [0.717, 1.165) is 20.9 Å². The number of rotatable bonds is 3. The first-order chi connectivity index (χ1) is 13.5. The molecule has 1 aromatic heterocycles. The molecule has 140 valence electrons. The van der Waals surface area contributed by atoms with Gasteiger partial charge in [0.1, 0.15) is 0 Å². The molecule has 0 spiro atoms. The number of nitrogens with one attached hydrogen (secondary N) is 1. The second-order valence-electron chi connectivity index (χ2n) is 5.88. The number of hydrogen-bond acceptors (Lipinski definition) is 6. The van der Waals surface area contributed by atoms with Gasteiger partial charge >= 0.3 is 0 Å². The number of aromatic nitrogens is 1. The van der Waals surface area contributed by atoms with Crippen LogP contribution in [0.3, 0.4) is 0 Å². The van der Waals surface area contributed by atoms with E-state index in [0.29, 0.717) is 21.5 Å². The third-order valence-corrected chi connectivity index (χ3v) is 5.67. The van der Waals surface area contributed by atoms with Gasteiger partial charge in [-0.05, 0) is 53.7 Å². The van der Waals surface area contributed by atoms with E-state index in [2.05, 4.69) is 31.2 Å². The lowest BCUT2D eigenvalue weighted by Crippen LogP contribution is -2.19. The van der Waals surface area contributed by atoms with E-state index in [1.54, 1.807) is 24.4 Å². The summed E-state index contributed by atoms with van der Waals surface area (Å²) in [6.07, 6.45) is 3.44. The number of aromatic hydroxyl groups is 1. The topological polar surface area (TPSA) is 83.8 Å². The molecule has 0 saturated carbocycles. The number of pyridine rings is 1. The fraction of sp³-hybridized carbons (Fsp3) is 0.0500. The molecule has 0 aliphatic carbocycles. The van der Waals surface area contributed by atoms with Gasteiger partial charge < -0.3 is 15.2 Å². The number of fused-ring (bicyclic) bond motifs is 1. The van der Waals surface area contributed by atoms with E-state index >= 15 is 0 Å². The van der Waals surface area contributed by atoms with Crippen LogP contribution >= 0.6 is 27.7 Å². The maximum Gasteiger partial charge on any atom is 0.264 e. The number of carbonyl (C=O) groups excluding carboxylic acids is 1. The Labute approximate surface area is 173 Å². The number of ether oxygens (including phenoxy) is 1. The SMILES string of the molecule is COc1cc(/C=C2\SC(=Nc3ccc(Br)c4cccnc34)NC2=O)ccc1O. The van der Waals surface area contributed by atoms with Crippen molar-refractivity contribution in [1.29, 1.82) is 0 Å². The number of thioether (sulfide) groups is 1. The second kappa shape index (κ2) is 7.65. The van der Waals surface area contributed by atoms with Crippen LogP contribution < -0.4 is 10.1 Å². The number of methoxy groups -OCH3 is 1. The lowest BCUT2D eigenvalue weighted by molar-refractivity contribution is -0.115. The second-order valence-corrected chi connectivity index (χ2v) is 7.76. The monoisotopic (exact) mass is 455 g/mol. The van der Waals surface area contributed by atoms with Crippen molar-refractivity contribution < 1.29 is 14.6 Å². The van der Waals surface area contributed by atoms with Crippen molar-refractivity contribution in [1.82, 2.24) is 10.3 Å². The number of halogens is 1. The Morgan fingerprint density at radius 1 is 1.29 bits per heavy atom. The Hall–Kier alpha value is -2.84. The van der Waals surface area contributed by atoms with Crippen LogP contribution in [0.25, 0.3) is 17.0 Å². The van der Waals surface area contributed by atoms with Gasteiger partial charge in [-0.3, -0.25) is 9.78 Å². The molecule has 1 fully saturated rings. The Morgan fingerprint density at radius 3 is 2.96 bits per heavy atom. The molecule has 2 aromatic carbocycles. The maximum atomic E-state index is 12.3. The molecule has 2 heterocycles. The largest absolute Gasteiger partial charge is 0.504 e. The highest BCUT2D eigenvalue weighted by Crippen LogP contribution is 2.34. The molecule has 2 N–H and O–H groups in total. The van der Waals surface area contributed by atoms with E-state index in [4.69, 9.17) is 4.74 Å². The van der Waals surface area contributed by atoms with Crippen LogP contribution in [0.15, 0.2) is 63.0 Å².